The minimum absolute atomic E-state index is 0.0786. The Kier molecular flexibility index (Phi) is 5.14. The van der Waals surface area contributed by atoms with E-state index in [4.69, 9.17) is 9.62 Å². The van der Waals surface area contributed by atoms with E-state index >= 15 is 0 Å². The van der Waals surface area contributed by atoms with Gasteiger partial charge in [0.1, 0.15) is 11.7 Å². The van der Waals surface area contributed by atoms with Crippen molar-refractivity contribution in [2.24, 2.45) is 40.4 Å². The van der Waals surface area contributed by atoms with Gasteiger partial charge in [-0.2, -0.15) is 0 Å². The summed E-state index contributed by atoms with van der Waals surface area (Å²) < 4.78 is 5.59. The van der Waals surface area contributed by atoms with Crippen molar-refractivity contribution in [3.05, 3.63) is 0 Å². The predicted octanol–water partition coefficient (Wildman–Crippen LogP) is 5.85. The highest BCUT2D eigenvalue weighted by atomic mass is 17.1. The zero-order chi connectivity index (χ0) is 20.3. The van der Waals surface area contributed by atoms with Crippen LogP contribution in [0, 0.1) is 40.4 Å². The number of esters is 1. The molecule has 160 valence electrons. The first-order valence-electron chi connectivity index (χ1n) is 11.7. The minimum Gasteiger partial charge on any atom is -0.463 e. The highest BCUT2D eigenvalue weighted by molar-refractivity contribution is 5.66. The Hall–Kier alpha value is -0.610. The highest BCUT2D eigenvalue weighted by Gasteiger charge is 2.67. The van der Waals surface area contributed by atoms with Crippen molar-refractivity contribution in [1.82, 2.24) is 0 Å². The molecule has 0 heterocycles. The van der Waals surface area contributed by atoms with E-state index in [0.29, 0.717) is 23.2 Å². The van der Waals surface area contributed by atoms with Gasteiger partial charge in [-0.15, -0.1) is 0 Å². The fourth-order valence-electron chi connectivity index (χ4n) is 8.99. The Labute approximate surface area is 170 Å². The zero-order valence-electron chi connectivity index (χ0n) is 18.5. The van der Waals surface area contributed by atoms with E-state index in [2.05, 4.69) is 27.7 Å². The van der Waals surface area contributed by atoms with Crippen LogP contribution in [0.1, 0.15) is 92.4 Å². The van der Waals surface area contributed by atoms with Crippen LogP contribution in [0.25, 0.3) is 0 Å². The number of ether oxygens (including phenoxy) is 1. The smallest absolute Gasteiger partial charge is 0.302 e. The third-order valence-electron chi connectivity index (χ3n) is 10.4. The molecule has 0 radical (unpaired) electrons. The van der Waals surface area contributed by atoms with Gasteiger partial charge < -0.3 is 4.74 Å². The summed E-state index contributed by atoms with van der Waals surface area (Å²) in [6.45, 7) is 11.0. The quantitative estimate of drug-likeness (QED) is 0.372. The second-order valence-corrected chi connectivity index (χ2v) is 11.1. The number of carbonyl (C=O) groups excluding carboxylic acids is 1. The lowest BCUT2D eigenvalue weighted by molar-refractivity contribution is -0.365. The van der Waals surface area contributed by atoms with Crippen LogP contribution in [0.3, 0.4) is 0 Å². The zero-order valence-corrected chi connectivity index (χ0v) is 18.5. The molecule has 4 saturated carbocycles. The average Bonchev–Trinajstić information content (AvgIpc) is 2.88. The van der Waals surface area contributed by atoms with Crippen molar-refractivity contribution in [1.29, 1.82) is 0 Å². The second kappa shape index (κ2) is 6.97. The number of hydrogen-bond acceptors (Lipinski definition) is 4. The van der Waals surface area contributed by atoms with Crippen molar-refractivity contribution in [3.8, 4) is 0 Å². The van der Waals surface area contributed by atoms with Crippen molar-refractivity contribution in [2.75, 3.05) is 0 Å². The molecule has 0 aliphatic heterocycles. The van der Waals surface area contributed by atoms with Crippen LogP contribution in [0.5, 0.6) is 0 Å². The number of fused-ring (bicyclic) bond motifs is 5. The van der Waals surface area contributed by atoms with Crippen molar-refractivity contribution < 1.29 is 19.7 Å². The molecule has 4 nitrogen and oxygen atoms in total. The molecule has 4 fully saturated rings. The van der Waals surface area contributed by atoms with Gasteiger partial charge in [-0.3, -0.25) is 10.1 Å². The molecule has 0 saturated heterocycles. The summed E-state index contributed by atoms with van der Waals surface area (Å²) in [5.41, 5.74) is 0.0737. The summed E-state index contributed by atoms with van der Waals surface area (Å²) in [5, 5.41) is 9.98. The lowest BCUT2D eigenvalue weighted by atomic mass is 9.44. The predicted molar refractivity (Wildman–Crippen MR) is 109 cm³/mol. The molecule has 1 N–H and O–H groups in total. The van der Waals surface area contributed by atoms with Crippen LogP contribution in [-0.2, 0) is 14.4 Å². The first-order chi connectivity index (χ1) is 13.2. The largest absolute Gasteiger partial charge is 0.463 e. The molecule has 0 amide bonds. The summed E-state index contributed by atoms with van der Waals surface area (Å²) >= 11 is 0. The Morgan fingerprint density at radius 2 is 1.82 bits per heavy atom. The van der Waals surface area contributed by atoms with Crippen LogP contribution < -0.4 is 0 Å². The first-order valence-corrected chi connectivity index (χ1v) is 11.7. The van der Waals surface area contributed by atoms with Crippen LogP contribution in [-0.4, -0.2) is 22.9 Å². The molecule has 0 spiro atoms. The maximum atomic E-state index is 11.4. The van der Waals surface area contributed by atoms with Gasteiger partial charge in [-0.05, 0) is 92.8 Å². The Morgan fingerprint density at radius 3 is 2.46 bits per heavy atom. The normalized spacial score (nSPS) is 53.1. The Morgan fingerprint density at radius 1 is 1.07 bits per heavy atom. The van der Waals surface area contributed by atoms with E-state index in [1.54, 1.807) is 0 Å². The molecule has 0 aromatic rings. The van der Waals surface area contributed by atoms with Crippen LogP contribution in [0.15, 0.2) is 0 Å². The minimum atomic E-state index is -0.382. The number of rotatable bonds is 3. The van der Waals surface area contributed by atoms with Gasteiger partial charge >= 0.3 is 5.97 Å². The van der Waals surface area contributed by atoms with E-state index in [1.807, 2.05) is 0 Å². The molecule has 4 heteroatoms. The van der Waals surface area contributed by atoms with Crippen LogP contribution in [0.2, 0.25) is 0 Å². The van der Waals surface area contributed by atoms with Gasteiger partial charge in [-0.25, -0.2) is 4.89 Å². The highest BCUT2D eigenvalue weighted by Crippen LogP contribution is 2.70. The third kappa shape index (κ3) is 2.66. The summed E-state index contributed by atoms with van der Waals surface area (Å²) in [6.07, 6.45) is 10.4. The van der Waals surface area contributed by atoms with Crippen LogP contribution in [0.4, 0.5) is 0 Å². The molecule has 4 rings (SSSR count). The molecule has 0 bridgehead atoms. The van der Waals surface area contributed by atoms with Gasteiger partial charge in [-0.1, -0.05) is 27.7 Å². The van der Waals surface area contributed by atoms with Gasteiger partial charge in [0.15, 0.2) is 0 Å². The molecule has 0 aromatic carbocycles. The average molecular weight is 393 g/mol. The van der Waals surface area contributed by atoms with E-state index in [0.717, 1.165) is 37.5 Å². The Balaban J connectivity index is 1.58. The van der Waals surface area contributed by atoms with Gasteiger partial charge in [0.05, 0.1) is 0 Å². The molecule has 9 atom stereocenters. The molecule has 1 unspecified atom stereocenters. The van der Waals surface area contributed by atoms with E-state index in [-0.39, 0.29) is 23.1 Å². The molecule has 28 heavy (non-hydrogen) atoms. The monoisotopic (exact) mass is 392 g/mol. The number of hydrogen-bond donors (Lipinski definition) is 1. The van der Waals surface area contributed by atoms with E-state index < -0.39 is 0 Å². The standard InChI is InChI=1S/C24H40O4/c1-6-24(28-26)15(2)13-21-19-8-7-17-14-18(27-16(3)25)9-11-22(17,4)20(19)10-12-23(21,24)5/h15,17-21,26H,6-14H2,1-5H3/t15-,17?,18+,19-,20+,21+,22+,23+,24-/m1/s1. The fourth-order valence-corrected chi connectivity index (χ4v) is 8.99. The van der Waals surface area contributed by atoms with Crippen LogP contribution >= 0.6 is 0 Å². The molecular formula is C24H40O4. The fraction of sp³-hybridized carbons (Fsp3) is 0.958. The molecule has 4 aliphatic carbocycles. The first kappa shape index (κ1) is 20.7. The maximum Gasteiger partial charge on any atom is 0.302 e. The van der Waals surface area contributed by atoms with E-state index in [9.17, 15) is 10.1 Å². The SMILES string of the molecule is CC[C@@]1(OO)[C@H](C)C[C@H]2[C@@H]3CCC4C[C@@H](OC(C)=O)CC[C@]4(C)[C@H]3CC[C@@]21C. The summed E-state index contributed by atoms with van der Waals surface area (Å²) in [6, 6.07) is 0. The lowest BCUT2D eigenvalue weighted by Crippen LogP contribution is -2.57. The summed E-state index contributed by atoms with van der Waals surface area (Å²) in [7, 11) is 0. The van der Waals surface area contributed by atoms with Gasteiger partial charge in [0, 0.05) is 12.3 Å². The molecule has 0 aromatic heterocycles. The number of carbonyl (C=O) groups is 1. The third-order valence-corrected chi connectivity index (χ3v) is 10.4. The van der Waals surface area contributed by atoms with Crippen molar-refractivity contribution >= 4 is 5.97 Å². The maximum absolute atomic E-state index is 11.4. The van der Waals surface area contributed by atoms with E-state index in [1.165, 1.54) is 39.0 Å². The second-order valence-electron chi connectivity index (χ2n) is 11.1. The Bertz CT molecular complexity index is 614. The van der Waals surface area contributed by atoms with Crippen molar-refractivity contribution in [2.45, 2.75) is 104 Å². The topological polar surface area (TPSA) is 55.8 Å². The summed E-state index contributed by atoms with van der Waals surface area (Å²) in [4.78, 5) is 16.8. The van der Waals surface area contributed by atoms with Gasteiger partial charge in [0.25, 0.3) is 0 Å². The lowest BCUT2D eigenvalue weighted by Gasteiger charge is -2.61. The molecular weight excluding hydrogens is 352 g/mol. The summed E-state index contributed by atoms with van der Waals surface area (Å²) in [5.74, 6) is 3.12. The molecule has 4 aliphatic rings. The van der Waals surface area contributed by atoms with Gasteiger partial charge in [0.2, 0.25) is 0 Å². The van der Waals surface area contributed by atoms with Crippen molar-refractivity contribution in [3.63, 3.8) is 0 Å².